The van der Waals surface area contributed by atoms with Crippen LogP contribution in [0.1, 0.15) is 18.9 Å². The van der Waals surface area contributed by atoms with Crippen molar-refractivity contribution in [3.05, 3.63) is 54.2 Å². The van der Waals surface area contributed by atoms with Crippen molar-refractivity contribution in [3.8, 4) is 11.6 Å². The SMILES string of the molecule is Cc1ccc(OC2CCN(C(=O)C(C)Oc3ccccc3)C2)nc1. The highest BCUT2D eigenvalue weighted by Gasteiger charge is 2.31. The molecule has 1 aliphatic heterocycles. The molecule has 0 N–H and O–H groups in total. The third-order valence-corrected chi connectivity index (χ3v) is 4.03. The van der Waals surface area contributed by atoms with E-state index in [1.54, 1.807) is 18.0 Å². The van der Waals surface area contributed by atoms with Crippen molar-refractivity contribution in [1.82, 2.24) is 9.88 Å². The molecule has 1 aromatic carbocycles. The quantitative estimate of drug-likeness (QED) is 0.848. The van der Waals surface area contributed by atoms with Gasteiger partial charge in [-0.25, -0.2) is 4.98 Å². The lowest BCUT2D eigenvalue weighted by Crippen LogP contribution is -2.40. The number of carbonyl (C=O) groups is 1. The zero-order chi connectivity index (χ0) is 16.9. The second-order valence-corrected chi connectivity index (χ2v) is 6.06. The normalized spacial score (nSPS) is 18.2. The fourth-order valence-electron chi connectivity index (χ4n) is 2.73. The maximum atomic E-state index is 12.5. The molecule has 0 bridgehead atoms. The van der Waals surface area contributed by atoms with Crippen molar-refractivity contribution in [2.24, 2.45) is 0 Å². The Morgan fingerprint density at radius 3 is 2.75 bits per heavy atom. The molecule has 0 saturated carbocycles. The molecule has 1 aromatic heterocycles. The van der Waals surface area contributed by atoms with E-state index in [0.717, 1.165) is 12.0 Å². The van der Waals surface area contributed by atoms with Crippen LogP contribution in [0.15, 0.2) is 48.7 Å². The Hall–Kier alpha value is -2.56. The molecule has 0 radical (unpaired) electrons. The van der Waals surface area contributed by atoms with Gasteiger partial charge >= 0.3 is 0 Å². The number of ether oxygens (including phenoxy) is 2. The molecule has 126 valence electrons. The first-order valence-electron chi connectivity index (χ1n) is 8.21. The van der Waals surface area contributed by atoms with Crippen LogP contribution in [-0.2, 0) is 4.79 Å². The van der Waals surface area contributed by atoms with Crippen LogP contribution in [0.5, 0.6) is 11.6 Å². The third-order valence-electron chi connectivity index (χ3n) is 4.03. The first kappa shape index (κ1) is 16.3. The molecule has 24 heavy (non-hydrogen) atoms. The summed E-state index contributed by atoms with van der Waals surface area (Å²) in [6.45, 7) is 5.01. The molecule has 1 saturated heterocycles. The number of para-hydroxylation sites is 1. The predicted molar refractivity (Wildman–Crippen MR) is 91.1 cm³/mol. The van der Waals surface area contributed by atoms with E-state index in [9.17, 15) is 4.79 Å². The molecule has 3 rings (SSSR count). The Kier molecular flexibility index (Phi) is 4.99. The molecule has 0 aliphatic carbocycles. The molecule has 5 heteroatoms. The van der Waals surface area contributed by atoms with Crippen molar-refractivity contribution in [2.75, 3.05) is 13.1 Å². The second-order valence-electron chi connectivity index (χ2n) is 6.06. The lowest BCUT2D eigenvalue weighted by Gasteiger charge is -2.21. The summed E-state index contributed by atoms with van der Waals surface area (Å²) >= 11 is 0. The van der Waals surface area contributed by atoms with E-state index in [0.29, 0.717) is 24.7 Å². The van der Waals surface area contributed by atoms with Gasteiger partial charge in [-0.2, -0.15) is 0 Å². The van der Waals surface area contributed by atoms with E-state index in [4.69, 9.17) is 9.47 Å². The average Bonchev–Trinajstić information content (AvgIpc) is 3.05. The molecule has 2 atom stereocenters. The molecular weight excluding hydrogens is 304 g/mol. The molecular formula is C19H22N2O3. The molecule has 1 aliphatic rings. The average molecular weight is 326 g/mol. The highest BCUT2D eigenvalue weighted by molar-refractivity contribution is 5.81. The highest BCUT2D eigenvalue weighted by Crippen LogP contribution is 2.19. The van der Waals surface area contributed by atoms with Gasteiger partial charge < -0.3 is 14.4 Å². The van der Waals surface area contributed by atoms with Gasteiger partial charge in [0.25, 0.3) is 5.91 Å². The first-order chi connectivity index (χ1) is 11.6. The van der Waals surface area contributed by atoms with Crippen molar-refractivity contribution in [2.45, 2.75) is 32.5 Å². The summed E-state index contributed by atoms with van der Waals surface area (Å²) in [6.07, 6.45) is 2.05. The minimum atomic E-state index is -0.511. The van der Waals surface area contributed by atoms with Crippen molar-refractivity contribution < 1.29 is 14.3 Å². The molecule has 0 spiro atoms. The van der Waals surface area contributed by atoms with Gasteiger partial charge in [-0.05, 0) is 31.5 Å². The minimum Gasteiger partial charge on any atom is -0.481 e. The Morgan fingerprint density at radius 1 is 1.25 bits per heavy atom. The molecule has 2 aromatic rings. The fourth-order valence-corrected chi connectivity index (χ4v) is 2.73. The lowest BCUT2D eigenvalue weighted by atomic mass is 10.3. The largest absolute Gasteiger partial charge is 0.481 e. The number of pyridine rings is 1. The van der Waals surface area contributed by atoms with E-state index >= 15 is 0 Å². The van der Waals surface area contributed by atoms with Crippen molar-refractivity contribution in [3.63, 3.8) is 0 Å². The summed E-state index contributed by atoms with van der Waals surface area (Å²) in [7, 11) is 0. The molecule has 5 nitrogen and oxygen atoms in total. The van der Waals surface area contributed by atoms with E-state index in [1.165, 1.54) is 0 Å². The predicted octanol–water partition coefficient (Wildman–Crippen LogP) is 2.84. The topological polar surface area (TPSA) is 51.7 Å². The van der Waals surface area contributed by atoms with Crippen LogP contribution in [0.3, 0.4) is 0 Å². The number of likely N-dealkylation sites (tertiary alicyclic amines) is 1. The molecule has 1 fully saturated rings. The number of aryl methyl sites for hydroxylation is 1. The van der Waals surface area contributed by atoms with Crippen LogP contribution in [0.25, 0.3) is 0 Å². The number of aromatic nitrogens is 1. The van der Waals surface area contributed by atoms with Crippen LogP contribution >= 0.6 is 0 Å². The van der Waals surface area contributed by atoms with Gasteiger partial charge in [0, 0.05) is 25.2 Å². The number of benzene rings is 1. The maximum absolute atomic E-state index is 12.5. The van der Waals surface area contributed by atoms with Gasteiger partial charge in [0.15, 0.2) is 6.10 Å². The van der Waals surface area contributed by atoms with Crippen LogP contribution < -0.4 is 9.47 Å². The van der Waals surface area contributed by atoms with Crippen LogP contribution in [0, 0.1) is 6.92 Å². The van der Waals surface area contributed by atoms with Gasteiger partial charge in [0.2, 0.25) is 5.88 Å². The standard InChI is InChI=1S/C19H22N2O3/c1-14-8-9-18(20-12-14)24-17-10-11-21(13-17)19(22)15(2)23-16-6-4-3-5-7-16/h3-9,12,15,17H,10-11,13H2,1-2H3. The number of hydrogen-bond acceptors (Lipinski definition) is 4. The van der Waals surface area contributed by atoms with Crippen LogP contribution in [-0.4, -0.2) is 41.1 Å². The number of hydrogen-bond donors (Lipinski definition) is 0. The zero-order valence-electron chi connectivity index (χ0n) is 14.0. The van der Waals surface area contributed by atoms with E-state index < -0.39 is 6.10 Å². The zero-order valence-corrected chi connectivity index (χ0v) is 14.0. The summed E-state index contributed by atoms with van der Waals surface area (Å²) in [5.74, 6) is 1.30. The van der Waals surface area contributed by atoms with Gasteiger partial charge in [-0.1, -0.05) is 24.3 Å². The van der Waals surface area contributed by atoms with E-state index in [2.05, 4.69) is 4.98 Å². The third kappa shape index (κ3) is 4.04. The smallest absolute Gasteiger partial charge is 0.263 e. The number of nitrogens with zero attached hydrogens (tertiary/aromatic N) is 2. The summed E-state index contributed by atoms with van der Waals surface area (Å²) in [5, 5.41) is 0. The Labute approximate surface area is 142 Å². The van der Waals surface area contributed by atoms with Crippen LogP contribution in [0.2, 0.25) is 0 Å². The van der Waals surface area contributed by atoms with Crippen molar-refractivity contribution in [1.29, 1.82) is 0 Å². The number of amides is 1. The van der Waals surface area contributed by atoms with Crippen LogP contribution in [0.4, 0.5) is 0 Å². The summed E-state index contributed by atoms with van der Waals surface area (Å²) in [6, 6.07) is 13.2. The maximum Gasteiger partial charge on any atom is 0.263 e. The first-order valence-corrected chi connectivity index (χ1v) is 8.21. The van der Waals surface area contributed by atoms with Gasteiger partial charge in [-0.15, -0.1) is 0 Å². The van der Waals surface area contributed by atoms with Gasteiger partial charge in [0.1, 0.15) is 11.9 Å². The Balaban J connectivity index is 1.52. The number of rotatable bonds is 5. The highest BCUT2D eigenvalue weighted by atomic mass is 16.5. The lowest BCUT2D eigenvalue weighted by molar-refractivity contribution is -0.137. The Morgan fingerprint density at radius 2 is 2.04 bits per heavy atom. The number of carbonyl (C=O) groups excluding carboxylic acids is 1. The molecule has 2 unspecified atom stereocenters. The fraction of sp³-hybridized carbons (Fsp3) is 0.368. The Bertz CT molecular complexity index is 673. The summed E-state index contributed by atoms with van der Waals surface area (Å²) in [5.41, 5.74) is 1.09. The monoisotopic (exact) mass is 326 g/mol. The van der Waals surface area contributed by atoms with Gasteiger partial charge in [-0.3, -0.25) is 4.79 Å². The minimum absolute atomic E-state index is 0.0122. The van der Waals surface area contributed by atoms with Crippen molar-refractivity contribution >= 4 is 5.91 Å². The van der Waals surface area contributed by atoms with E-state index in [1.807, 2.05) is 49.4 Å². The van der Waals surface area contributed by atoms with Gasteiger partial charge in [0.05, 0.1) is 6.54 Å². The molecule has 1 amide bonds. The summed E-state index contributed by atoms with van der Waals surface area (Å²) in [4.78, 5) is 18.6. The van der Waals surface area contributed by atoms with E-state index in [-0.39, 0.29) is 12.0 Å². The molecule has 2 heterocycles. The second kappa shape index (κ2) is 7.34. The summed E-state index contributed by atoms with van der Waals surface area (Å²) < 4.78 is 11.6.